The number of likely N-dealkylation sites (tertiary alicyclic amines) is 1. The maximum absolute atomic E-state index is 12.7. The Morgan fingerprint density at radius 1 is 1.38 bits per heavy atom. The number of aromatic nitrogens is 2. The van der Waals surface area contributed by atoms with Crippen molar-refractivity contribution in [3.63, 3.8) is 0 Å². The van der Waals surface area contributed by atoms with Crippen molar-refractivity contribution in [1.82, 2.24) is 14.7 Å². The molecule has 0 aliphatic carbocycles. The number of ether oxygens (including phenoxy) is 1. The first kappa shape index (κ1) is 18.5. The second kappa shape index (κ2) is 7.50. The van der Waals surface area contributed by atoms with Crippen LogP contribution in [0.25, 0.3) is 0 Å². The molecule has 1 saturated heterocycles. The minimum absolute atomic E-state index is 0.141. The van der Waals surface area contributed by atoms with Gasteiger partial charge in [-0.25, -0.2) is 0 Å². The van der Waals surface area contributed by atoms with E-state index >= 15 is 0 Å². The van der Waals surface area contributed by atoms with Crippen molar-refractivity contribution in [2.75, 3.05) is 19.7 Å². The van der Waals surface area contributed by atoms with E-state index in [-0.39, 0.29) is 25.1 Å². The van der Waals surface area contributed by atoms with Crippen LogP contribution in [0.2, 0.25) is 0 Å². The summed E-state index contributed by atoms with van der Waals surface area (Å²) in [5.41, 5.74) is 0.483. The zero-order chi connectivity index (χ0) is 18.7. The Morgan fingerprint density at radius 2 is 2.19 bits per heavy atom. The van der Waals surface area contributed by atoms with Gasteiger partial charge in [0.1, 0.15) is 23.7 Å². The Balaban J connectivity index is 1.64. The second-order valence-corrected chi connectivity index (χ2v) is 7.43. The topological polar surface area (TPSA) is 67.6 Å². The molecule has 140 valence electrons. The Kier molecular flexibility index (Phi) is 5.32. The van der Waals surface area contributed by atoms with Gasteiger partial charge < -0.3 is 14.7 Å². The maximum Gasteiger partial charge on any atom is 0.274 e. The van der Waals surface area contributed by atoms with E-state index < -0.39 is 5.60 Å². The van der Waals surface area contributed by atoms with Crippen LogP contribution in [-0.2, 0) is 0 Å². The van der Waals surface area contributed by atoms with Crippen LogP contribution in [0.4, 0.5) is 0 Å². The van der Waals surface area contributed by atoms with Gasteiger partial charge in [-0.15, -0.1) is 0 Å². The molecular weight excluding hydrogens is 330 g/mol. The molecule has 0 unspecified atom stereocenters. The highest BCUT2D eigenvalue weighted by molar-refractivity contribution is 5.92. The van der Waals surface area contributed by atoms with E-state index in [1.54, 1.807) is 15.6 Å². The number of nitrogens with zero attached hydrogens (tertiary/aromatic N) is 3. The van der Waals surface area contributed by atoms with Crippen molar-refractivity contribution in [2.24, 2.45) is 0 Å². The van der Waals surface area contributed by atoms with Crippen molar-refractivity contribution >= 4 is 5.91 Å². The molecule has 1 amide bonds. The van der Waals surface area contributed by atoms with E-state index in [0.29, 0.717) is 18.7 Å². The predicted molar refractivity (Wildman–Crippen MR) is 99.4 cm³/mol. The molecule has 6 heteroatoms. The quantitative estimate of drug-likeness (QED) is 0.893. The fraction of sp³-hybridized carbons (Fsp3) is 0.500. The average molecular weight is 357 g/mol. The molecule has 2 aromatic rings. The van der Waals surface area contributed by atoms with Gasteiger partial charge >= 0.3 is 0 Å². The highest BCUT2D eigenvalue weighted by Crippen LogP contribution is 2.24. The third kappa shape index (κ3) is 4.25. The Morgan fingerprint density at radius 3 is 2.88 bits per heavy atom. The molecule has 1 atom stereocenters. The van der Waals surface area contributed by atoms with Crippen LogP contribution in [0.5, 0.6) is 5.75 Å². The predicted octanol–water partition coefficient (Wildman–Crippen LogP) is 2.82. The van der Waals surface area contributed by atoms with E-state index in [0.717, 1.165) is 17.7 Å². The highest BCUT2D eigenvalue weighted by atomic mass is 16.5. The standard InChI is InChI=1S/C20H27N3O3/c1-15(2)23-11-8-18(21-23)19(24)22-10-5-9-20(25,13-22)14-26-17-7-4-6-16(3)12-17/h4,6-8,11-12,15,25H,5,9-10,13-14H2,1-3H3/t20-/m0/s1. The van der Waals surface area contributed by atoms with Crippen LogP contribution in [-0.4, -0.2) is 51.0 Å². The molecule has 1 N–H and O–H groups in total. The van der Waals surface area contributed by atoms with Gasteiger partial charge in [-0.2, -0.15) is 5.10 Å². The van der Waals surface area contributed by atoms with Crippen molar-refractivity contribution < 1.29 is 14.6 Å². The summed E-state index contributed by atoms with van der Waals surface area (Å²) in [5.74, 6) is 0.593. The second-order valence-electron chi connectivity index (χ2n) is 7.43. The summed E-state index contributed by atoms with van der Waals surface area (Å²) < 4.78 is 7.56. The summed E-state index contributed by atoms with van der Waals surface area (Å²) in [6.45, 7) is 7.08. The third-order valence-corrected chi connectivity index (χ3v) is 4.70. The normalized spacial score (nSPS) is 20.4. The average Bonchev–Trinajstić information content (AvgIpc) is 3.10. The van der Waals surface area contributed by atoms with Gasteiger partial charge in [-0.05, 0) is 57.4 Å². The lowest BCUT2D eigenvalue weighted by atomic mass is 9.93. The molecule has 1 fully saturated rings. The molecule has 2 heterocycles. The highest BCUT2D eigenvalue weighted by Gasteiger charge is 2.37. The summed E-state index contributed by atoms with van der Waals surface area (Å²) in [4.78, 5) is 14.4. The first-order chi connectivity index (χ1) is 12.4. The SMILES string of the molecule is Cc1cccc(OC[C@]2(O)CCCN(C(=O)c3ccn(C(C)C)n3)C2)c1. The summed E-state index contributed by atoms with van der Waals surface area (Å²) in [5, 5.41) is 15.3. The number of carbonyl (C=O) groups excluding carboxylic acids is 1. The summed E-state index contributed by atoms with van der Waals surface area (Å²) >= 11 is 0. The number of carbonyl (C=O) groups is 1. The Bertz CT molecular complexity index is 771. The molecule has 26 heavy (non-hydrogen) atoms. The van der Waals surface area contributed by atoms with E-state index in [1.165, 1.54) is 0 Å². The lowest BCUT2D eigenvalue weighted by Gasteiger charge is -2.38. The largest absolute Gasteiger partial charge is 0.491 e. The van der Waals surface area contributed by atoms with E-state index in [4.69, 9.17) is 4.74 Å². The van der Waals surface area contributed by atoms with Gasteiger partial charge in [0.2, 0.25) is 0 Å². The molecule has 0 bridgehead atoms. The van der Waals surface area contributed by atoms with Gasteiger partial charge in [-0.3, -0.25) is 9.48 Å². The Hall–Kier alpha value is -2.34. The zero-order valence-electron chi connectivity index (χ0n) is 15.7. The molecule has 1 aliphatic heterocycles. The first-order valence-corrected chi connectivity index (χ1v) is 9.13. The van der Waals surface area contributed by atoms with E-state index in [1.807, 2.05) is 51.2 Å². The Labute approximate surface area is 154 Å². The maximum atomic E-state index is 12.7. The van der Waals surface area contributed by atoms with Crippen LogP contribution in [0.15, 0.2) is 36.5 Å². The molecule has 1 aromatic carbocycles. The van der Waals surface area contributed by atoms with Gasteiger partial charge in [0.05, 0.1) is 6.54 Å². The van der Waals surface area contributed by atoms with Crippen molar-refractivity contribution in [2.45, 2.75) is 45.3 Å². The van der Waals surface area contributed by atoms with Gasteiger partial charge in [0.25, 0.3) is 5.91 Å². The van der Waals surface area contributed by atoms with Crippen molar-refractivity contribution in [3.05, 3.63) is 47.8 Å². The molecule has 0 spiro atoms. The molecule has 3 rings (SSSR count). The molecule has 0 radical (unpaired) electrons. The smallest absolute Gasteiger partial charge is 0.274 e. The number of piperidine rings is 1. The molecule has 0 saturated carbocycles. The van der Waals surface area contributed by atoms with Crippen molar-refractivity contribution in [3.8, 4) is 5.75 Å². The lowest BCUT2D eigenvalue weighted by Crippen LogP contribution is -2.53. The number of benzene rings is 1. The van der Waals surface area contributed by atoms with E-state index in [2.05, 4.69) is 5.10 Å². The zero-order valence-corrected chi connectivity index (χ0v) is 15.7. The van der Waals surface area contributed by atoms with Gasteiger partial charge in [-0.1, -0.05) is 12.1 Å². The minimum Gasteiger partial charge on any atom is -0.491 e. The number of rotatable bonds is 5. The number of hydrogen-bond acceptors (Lipinski definition) is 4. The number of hydrogen-bond donors (Lipinski definition) is 1. The van der Waals surface area contributed by atoms with Crippen LogP contribution in [0, 0.1) is 6.92 Å². The van der Waals surface area contributed by atoms with Gasteiger partial charge in [0.15, 0.2) is 0 Å². The number of aryl methyl sites for hydroxylation is 1. The first-order valence-electron chi connectivity index (χ1n) is 9.13. The van der Waals surface area contributed by atoms with E-state index in [9.17, 15) is 9.90 Å². The van der Waals surface area contributed by atoms with Crippen LogP contribution < -0.4 is 4.74 Å². The summed E-state index contributed by atoms with van der Waals surface area (Å²) in [7, 11) is 0. The number of amides is 1. The lowest BCUT2D eigenvalue weighted by molar-refractivity contribution is -0.0533. The molecule has 1 aliphatic rings. The van der Waals surface area contributed by atoms with Crippen molar-refractivity contribution in [1.29, 1.82) is 0 Å². The minimum atomic E-state index is -1.04. The number of β-amino-alcohol motifs (C(OH)–C–C–N with tert-alkyl or cyclic N) is 1. The fourth-order valence-corrected chi connectivity index (χ4v) is 3.23. The molecule has 1 aromatic heterocycles. The summed E-state index contributed by atoms with van der Waals surface area (Å²) in [6, 6.07) is 9.68. The molecule has 6 nitrogen and oxygen atoms in total. The third-order valence-electron chi connectivity index (χ3n) is 4.70. The van der Waals surface area contributed by atoms with Crippen LogP contribution >= 0.6 is 0 Å². The molecular formula is C20H27N3O3. The number of aliphatic hydroxyl groups is 1. The van der Waals surface area contributed by atoms with Gasteiger partial charge in [0, 0.05) is 18.8 Å². The fourth-order valence-electron chi connectivity index (χ4n) is 3.23. The van der Waals surface area contributed by atoms with Crippen LogP contribution in [0.1, 0.15) is 48.8 Å². The monoisotopic (exact) mass is 357 g/mol. The van der Waals surface area contributed by atoms with Crippen LogP contribution in [0.3, 0.4) is 0 Å². The summed E-state index contributed by atoms with van der Waals surface area (Å²) in [6.07, 6.45) is 3.17.